The van der Waals surface area contributed by atoms with Crippen molar-refractivity contribution in [3.8, 4) is 0 Å². The van der Waals surface area contributed by atoms with Gasteiger partial charge in [-0.1, -0.05) is 19.1 Å². The van der Waals surface area contributed by atoms with Gasteiger partial charge >= 0.3 is 0 Å². The third-order valence-corrected chi connectivity index (χ3v) is 8.62. The second-order valence-corrected chi connectivity index (χ2v) is 11.1. The molecule has 27 heavy (non-hydrogen) atoms. The number of hydrogen-bond acceptors (Lipinski definition) is 5. The number of anilines is 2. The van der Waals surface area contributed by atoms with E-state index in [2.05, 4.69) is 0 Å². The SMILES string of the molecule is CC(=O)N1CCSc2ccc(S(=O)(=O)N3C[C@@H](C)Sc4ccccc43)cc21. The second kappa shape index (κ2) is 7.07. The largest absolute Gasteiger partial charge is 0.311 e. The van der Waals surface area contributed by atoms with Gasteiger partial charge in [-0.05, 0) is 30.3 Å². The molecule has 0 saturated carbocycles. The highest BCUT2D eigenvalue weighted by Crippen LogP contribution is 2.42. The monoisotopic (exact) mass is 420 g/mol. The quantitative estimate of drug-likeness (QED) is 0.739. The first-order chi connectivity index (χ1) is 12.9. The van der Waals surface area contributed by atoms with Crippen molar-refractivity contribution in [1.29, 1.82) is 0 Å². The van der Waals surface area contributed by atoms with Crippen molar-refractivity contribution in [1.82, 2.24) is 0 Å². The molecule has 0 aromatic heterocycles. The van der Waals surface area contributed by atoms with Crippen LogP contribution in [0.3, 0.4) is 0 Å². The Hall–Kier alpha value is -1.64. The highest BCUT2D eigenvalue weighted by molar-refractivity contribution is 8.00. The molecule has 0 aliphatic carbocycles. The van der Waals surface area contributed by atoms with Crippen LogP contribution in [0.25, 0.3) is 0 Å². The molecule has 2 aliphatic heterocycles. The molecule has 0 saturated heterocycles. The molecule has 4 rings (SSSR count). The molecule has 0 radical (unpaired) electrons. The van der Waals surface area contributed by atoms with Gasteiger partial charge < -0.3 is 4.90 Å². The number of amides is 1. The van der Waals surface area contributed by atoms with Gasteiger partial charge in [0.15, 0.2) is 0 Å². The van der Waals surface area contributed by atoms with Gasteiger partial charge in [-0.2, -0.15) is 0 Å². The molecule has 2 heterocycles. The molecule has 0 N–H and O–H groups in total. The fraction of sp³-hybridized carbons (Fsp3) is 0.316. The molecular formula is C19H20N2O3S3. The van der Waals surface area contributed by atoms with Crippen LogP contribution in [0.2, 0.25) is 0 Å². The van der Waals surface area contributed by atoms with Crippen LogP contribution in [-0.4, -0.2) is 38.4 Å². The van der Waals surface area contributed by atoms with Gasteiger partial charge in [-0.25, -0.2) is 8.42 Å². The zero-order chi connectivity index (χ0) is 19.2. The van der Waals surface area contributed by atoms with Gasteiger partial charge in [0.05, 0.1) is 16.3 Å². The van der Waals surface area contributed by atoms with Gasteiger partial charge in [0.2, 0.25) is 5.91 Å². The summed E-state index contributed by atoms with van der Waals surface area (Å²) in [5, 5.41) is 0.163. The fourth-order valence-corrected chi connectivity index (χ4v) is 7.22. The molecule has 0 spiro atoms. The number of hydrogen-bond donors (Lipinski definition) is 0. The molecule has 1 atom stereocenters. The Morgan fingerprint density at radius 1 is 1.11 bits per heavy atom. The molecule has 2 aromatic rings. The number of thioether (sulfide) groups is 2. The number of carbonyl (C=O) groups is 1. The van der Waals surface area contributed by atoms with Crippen molar-refractivity contribution in [2.45, 2.75) is 33.8 Å². The number of carbonyl (C=O) groups excluding carboxylic acids is 1. The number of fused-ring (bicyclic) bond motifs is 2. The van der Waals surface area contributed by atoms with Crippen LogP contribution in [0.15, 0.2) is 57.2 Å². The lowest BCUT2D eigenvalue weighted by molar-refractivity contribution is -0.116. The summed E-state index contributed by atoms with van der Waals surface area (Å²) in [6, 6.07) is 12.7. The van der Waals surface area contributed by atoms with Crippen molar-refractivity contribution in [3.63, 3.8) is 0 Å². The molecule has 1 amide bonds. The summed E-state index contributed by atoms with van der Waals surface area (Å²) in [6.45, 7) is 4.56. The van der Waals surface area contributed by atoms with Crippen LogP contribution < -0.4 is 9.21 Å². The maximum Gasteiger partial charge on any atom is 0.264 e. The Labute approximate surface area is 168 Å². The van der Waals surface area contributed by atoms with Crippen molar-refractivity contribution < 1.29 is 13.2 Å². The molecule has 142 valence electrons. The number of para-hydroxylation sites is 1. The minimum absolute atomic E-state index is 0.0700. The minimum Gasteiger partial charge on any atom is -0.311 e. The predicted molar refractivity (Wildman–Crippen MR) is 111 cm³/mol. The lowest BCUT2D eigenvalue weighted by Crippen LogP contribution is -2.39. The highest BCUT2D eigenvalue weighted by Gasteiger charge is 2.33. The maximum absolute atomic E-state index is 13.5. The molecule has 0 bridgehead atoms. The van der Waals surface area contributed by atoms with E-state index in [4.69, 9.17) is 0 Å². The van der Waals surface area contributed by atoms with Crippen LogP contribution in [0.5, 0.6) is 0 Å². The number of benzene rings is 2. The molecule has 0 unspecified atom stereocenters. The normalized spacial score (nSPS) is 19.4. The van der Waals surface area contributed by atoms with E-state index < -0.39 is 10.0 Å². The van der Waals surface area contributed by atoms with E-state index >= 15 is 0 Å². The summed E-state index contributed by atoms with van der Waals surface area (Å²) in [6.07, 6.45) is 0. The first-order valence-corrected chi connectivity index (χ1v) is 12.0. The van der Waals surface area contributed by atoms with Gasteiger partial charge in [0, 0.05) is 40.8 Å². The number of rotatable bonds is 2. The molecule has 2 aromatic carbocycles. The van der Waals surface area contributed by atoms with Gasteiger partial charge in [-0.15, -0.1) is 23.5 Å². The average Bonchev–Trinajstić information content (AvgIpc) is 2.66. The van der Waals surface area contributed by atoms with Crippen molar-refractivity contribution in [3.05, 3.63) is 42.5 Å². The lowest BCUT2D eigenvalue weighted by atomic mass is 10.2. The van der Waals surface area contributed by atoms with E-state index in [9.17, 15) is 13.2 Å². The van der Waals surface area contributed by atoms with Crippen LogP contribution in [0.1, 0.15) is 13.8 Å². The summed E-state index contributed by atoms with van der Waals surface area (Å²) < 4.78 is 28.4. The maximum atomic E-state index is 13.5. The van der Waals surface area contributed by atoms with Crippen molar-refractivity contribution in [2.75, 3.05) is 28.0 Å². The molecule has 5 nitrogen and oxygen atoms in total. The van der Waals surface area contributed by atoms with E-state index in [-0.39, 0.29) is 16.1 Å². The zero-order valence-corrected chi connectivity index (χ0v) is 17.5. The van der Waals surface area contributed by atoms with Crippen LogP contribution in [0.4, 0.5) is 11.4 Å². The van der Waals surface area contributed by atoms with Gasteiger partial charge in [-0.3, -0.25) is 9.10 Å². The Morgan fingerprint density at radius 3 is 2.67 bits per heavy atom. The fourth-order valence-electron chi connectivity index (χ4n) is 3.39. The first-order valence-electron chi connectivity index (χ1n) is 8.71. The Balaban J connectivity index is 1.80. The van der Waals surface area contributed by atoms with Crippen LogP contribution >= 0.6 is 23.5 Å². The minimum atomic E-state index is -3.72. The van der Waals surface area contributed by atoms with E-state index in [0.29, 0.717) is 18.8 Å². The van der Waals surface area contributed by atoms with Crippen LogP contribution in [0, 0.1) is 0 Å². The summed E-state index contributed by atoms with van der Waals surface area (Å²) in [5.41, 5.74) is 1.41. The Morgan fingerprint density at radius 2 is 1.89 bits per heavy atom. The van der Waals surface area contributed by atoms with Crippen molar-refractivity contribution >= 4 is 50.8 Å². The van der Waals surface area contributed by atoms with E-state index in [1.165, 1.54) is 11.2 Å². The average molecular weight is 421 g/mol. The van der Waals surface area contributed by atoms with Gasteiger partial charge in [0.25, 0.3) is 10.0 Å². The predicted octanol–water partition coefficient (Wildman–Crippen LogP) is 3.83. The molecular weight excluding hydrogens is 400 g/mol. The summed E-state index contributed by atoms with van der Waals surface area (Å²) in [5.74, 6) is 0.742. The first kappa shape index (κ1) is 18.7. The Bertz CT molecular complexity index is 1010. The smallest absolute Gasteiger partial charge is 0.264 e. The third-order valence-electron chi connectivity index (χ3n) is 4.65. The summed E-state index contributed by atoms with van der Waals surface area (Å²) >= 11 is 3.34. The van der Waals surface area contributed by atoms with Gasteiger partial charge in [0.1, 0.15) is 0 Å². The standard InChI is InChI=1S/C19H20N2O3S3/c1-13-12-21(16-5-3-4-6-19(16)26-13)27(23,24)15-7-8-18-17(11-15)20(14(2)22)9-10-25-18/h3-8,11,13H,9-10,12H2,1-2H3/t13-/m1/s1. The number of sulfonamides is 1. The topological polar surface area (TPSA) is 57.7 Å². The highest BCUT2D eigenvalue weighted by atomic mass is 32.2. The summed E-state index contributed by atoms with van der Waals surface area (Å²) in [4.78, 5) is 15.8. The summed E-state index contributed by atoms with van der Waals surface area (Å²) in [7, 11) is -3.72. The lowest BCUT2D eigenvalue weighted by Gasteiger charge is -2.34. The Kier molecular flexibility index (Phi) is 4.90. The van der Waals surface area contributed by atoms with E-state index in [1.54, 1.807) is 40.6 Å². The number of nitrogens with zero attached hydrogens (tertiary/aromatic N) is 2. The van der Waals surface area contributed by atoms with Crippen molar-refractivity contribution in [2.24, 2.45) is 0 Å². The van der Waals surface area contributed by atoms with E-state index in [1.807, 2.05) is 37.3 Å². The van der Waals surface area contributed by atoms with Crippen LogP contribution in [-0.2, 0) is 14.8 Å². The third kappa shape index (κ3) is 3.34. The molecule has 2 aliphatic rings. The van der Waals surface area contributed by atoms with E-state index in [0.717, 1.165) is 21.2 Å². The zero-order valence-electron chi connectivity index (χ0n) is 15.1. The molecule has 0 fully saturated rings. The molecule has 8 heteroatoms. The second-order valence-electron chi connectivity index (χ2n) is 6.58.